The number of nitrogens with one attached hydrogen (secondary N) is 1. The lowest BCUT2D eigenvalue weighted by Gasteiger charge is -2.12. The Morgan fingerprint density at radius 1 is 1.44 bits per heavy atom. The van der Waals surface area contributed by atoms with E-state index in [9.17, 15) is 4.39 Å². The maximum Gasteiger partial charge on any atom is 0.123 e. The fourth-order valence-electron chi connectivity index (χ4n) is 2.10. The molecule has 1 aliphatic carbocycles. The first-order valence-electron chi connectivity index (χ1n) is 6.26. The first kappa shape index (κ1) is 11.4. The predicted molar refractivity (Wildman–Crippen MR) is 68.1 cm³/mol. The van der Waals surface area contributed by atoms with E-state index in [-0.39, 0.29) is 5.82 Å². The zero-order valence-corrected chi connectivity index (χ0v) is 10.4. The summed E-state index contributed by atoms with van der Waals surface area (Å²) in [6, 6.07) is 5.53. The van der Waals surface area contributed by atoms with E-state index < -0.39 is 0 Å². The molecule has 3 rings (SSSR count). The number of rotatable bonds is 4. The fraction of sp³-hybridized carbons (Fsp3) is 0.357. The van der Waals surface area contributed by atoms with Crippen molar-refractivity contribution in [1.82, 2.24) is 14.9 Å². The molecule has 94 valence electrons. The average molecular weight is 245 g/mol. The summed E-state index contributed by atoms with van der Waals surface area (Å²) in [5.74, 6) is 0.721. The third-order valence-electron chi connectivity index (χ3n) is 3.29. The molecule has 0 spiro atoms. The second kappa shape index (κ2) is 4.53. The van der Waals surface area contributed by atoms with Crippen molar-refractivity contribution in [2.75, 3.05) is 0 Å². The number of nitrogens with zero attached hydrogens (tertiary/aromatic N) is 2. The van der Waals surface area contributed by atoms with Gasteiger partial charge in [0.25, 0.3) is 0 Å². The quantitative estimate of drug-likeness (QED) is 0.897. The van der Waals surface area contributed by atoms with Crippen LogP contribution in [0.2, 0.25) is 0 Å². The van der Waals surface area contributed by atoms with Crippen LogP contribution < -0.4 is 5.32 Å². The molecule has 1 heterocycles. The molecule has 0 atom stereocenters. The molecule has 1 aromatic heterocycles. The first-order valence-corrected chi connectivity index (χ1v) is 6.26. The van der Waals surface area contributed by atoms with E-state index in [2.05, 4.69) is 10.3 Å². The Hall–Kier alpha value is -1.68. The Morgan fingerprint density at radius 3 is 2.94 bits per heavy atom. The summed E-state index contributed by atoms with van der Waals surface area (Å²) in [6.07, 6.45) is 6.13. The molecule has 1 N–H and O–H groups in total. The summed E-state index contributed by atoms with van der Waals surface area (Å²) in [6.45, 7) is 2.65. The lowest BCUT2D eigenvalue weighted by atomic mass is 10.1. The molecule has 1 aliphatic rings. The van der Waals surface area contributed by atoms with E-state index in [1.165, 1.54) is 18.9 Å². The van der Waals surface area contributed by atoms with Gasteiger partial charge in [0, 0.05) is 25.0 Å². The summed E-state index contributed by atoms with van der Waals surface area (Å²) < 4.78 is 15.4. The van der Waals surface area contributed by atoms with Gasteiger partial charge in [-0.2, -0.15) is 0 Å². The second-order valence-electron chi connectivity index (χ2n) is 4.77. The van der Waals surface area contributed by atoms with Crippen molar-refractivity contribution in [2.24, 2.45) is 0 Å². The van der Waals surface area contributed by atoms with Crippen LogP contribution >= 0.6 is 0 Å². The Morgan fingerprint density at radius 2 is 2.28 bits per heavy atom. The van der Waals surface area contributed by atoms with Gasteiger partial charge in [0.05, 0.1) is 5.69 Å². The smallest absolute Gasteiger partial charge is 0.123 e. The van der Waals surface area contributed by atoms with E-state index in [0.717, 1.165) is 17.1 Å². The van der Waals surface area contributed by atoms with Crippen LogP contribution in [-0.4, -0.2) is 15.6 Å². The lowest BCUT2D eigenvalue weighted by Crippen LogP contribution is -2.17. The van der Waals surface area contributed by atoms with E-state index in [0.29, 0.717) is 12.6 Å². The van der Waals surface area contributed by atoms with Crippen LogP contribution in [0.3, 0.4) is 0 Å². The molecule has 4 heteroatoms. The van der Waals surface area contributed by atoms with Crippen molar-refractivity contribution in [2.45, 2.75) is 32.4 Å². The van der Waals surface area contributed by atoms with Crippen LogP contribution in [0.1, 0.15) is 24.2 Å². The van der Waals surface area contributed by atoms with Gasteiger partial charge in [-0.15, -0.1) is 0 Å². The minimum absolute atomic E-state index is 0.191. The molecular weight excluding hydrogens is 229 g/mol. The van der Waals surface area contributed by atoms with Gasteiger partial charge in [-0.1, -0.05) is 0 Å². The molecule has 18 heavy (non-hydrogen) atoms. The summed E-state index contributed by atoms with van der Waals surface area (Å²) in [5.41, 5.74) is 1.97. The van der Waals surface area contributed by atoms with Gasteiger partial charge < -0.3 is 9.88 Å². The van der Waals surface area contributed by atoms with Crippen molar-refractivity contribution in [3.8, 4) is 5.69 Å². The zero-order valence-electron chi connectivity index (χ0n) is 10.4. The molecule has 0 bridgehead atoms. The Balaban J connectivity index is 1.94. The molecule has 2 aromatic rings. The highest BCUT2D eigenvalue weighted by molar-refractivity contribution is 5.42. The fourth-order valence-corrected chi connectivity index (χ4v) is 2.10. The molecular formula is C14H16FN3. The summed E-state index contributed by atoms with van der Waals surface area (Å²) in [4.78, 5) is 4.21. The van der Waals surface area contributed by atoms with E-state index >= 15 is 0 Å². The van der Waals surface area contributed by atoms with Gasteiger partial charge >= 0.3 is 0 Å². The van der Waals surface area contributed by atoms with E-state index in [1.54, 1.807) is 12.3 Å². The summed E-state index contributed by atoms with van der Waals surface area (Å²) in [7, 11) is 0. The van der Waals surface area contributed by atoms with Gasteiger partial charge in [-0.05, 0) is 43.5 Å². The molecule has 0 saturated heterocycles. The highest BCUT2D eigenvalue weighted by Gasteiger charge is 2.20. The highest BCUT2D eigenvalue weighted by Crippen LogP contribution is 2.22. The number of halogens is 1. The number of imidazole rings is 1. The standard InChI is InChI=1S/C14H16FN3/c1-10-16-6-7-18(10)14-5-2-12(15)8-11(14)9-17-13-3-4-13/h2,5-8,13,17H,3-4,9H2,1H3. The van der Waals surface area contributed by atoms with Crippen molar-refractivity contribution >= 4 is 0 Å². The second-order valence-corrected chi connectivity index (χ2v) is 4.77. The maximum atomic E-state index is 13.4. The maximum absolute atomic E-state index is 13.4. The number of aryl methyl sites for hydroxylation is 1. The minimum atomic E-state index is -0.191. The molecule has 0 radical (unpaired) electrons. The van der Waals surface area contributed by atoms with Crippen LogP contribution in [0.15, 0.2) is 30.6 Å². The number of hydrogen-bond donors (Lipinski definition) is 1. The van der Waals surface area contributed by atoms with Crippen molar-refractivity contribution in [3.05, 3.63) is 47.8 Å². The molecule has 0 aliphatic heterocycles. The molecule has 3 nitrogen and oxygen atoms in total. The zero-order chi connectivity index (χ0) is 12.5. The average Bonchev–Trinajstić information content (AvgIpc) is 3.09. The first-order chi connectivity index (χ1) is 8.74. The van der Waals surface area contributed by atoms with E-state index in [1.807, 2.05) is 23.8 Å². The van der Waals surface area contributed by atoms with Gasteiger partial charge in [0.1, 0.15) is 11.6 Å². The number of hydrogen-bond acceptors (Lipinski definition) is 2. The third kappa shape index (κ3) is 2.29. The van der Waals surface area contributed by atoms with Crippen molar-refractivity contribution in [3.63, 3.8) is 0 Å². The minimum Gasteiger partial charge on any atom is -0.310 e. The Kier molecular flexibility index (Phi) is 2.88. The van der Waals surface area contributed by atoms with Gasteiger partial charge in [-0.3, -0.25) is 0 Å². The SMILES string of the molecule is Cc1nccn1-c1ccc(F)cc1CNC1CC1. The molecule has 0 amide bonds. The van der Waals surface area contributed by atoms with Crippen LogP contribution in [0.5, 0.6) is 0 Å². The van der Waals surface area contributed by atoms with Gasteiger partial charge in [0.2, 0.25) is 0 Å². The number of aromatic nitrogens is 2. The predicted octanol–water partition coefficient (Wildman–Crippen LogP) is 2.57. The van der Waals surface area contributed by atoms with Crippen molar-refractivity contribution in [1.29, 1.82) is 0 Å². The highest BCUT2D eigenvalue weighted by atomic mass is 19.1. The molecule has 1 fully saturated rings. The van der Waals surface area contributed by atoms with Crippen LogP contribution in [0.4, 0.5) is 4.39 Å². The van der Waals surface area contributed by atoms with Gasteiger partial charge in [-0.25, -0.2) is 9.37 Å². The lowest BCUT2D eigenvalue weighted by molar-refractivity contribution is 0.618. The van der Waals surface area contributed by atoms with Crippen LogP contribution in [-0.2, 0) is 6.54 Å². The Bertz CT molecular complexity index is 558. The normalized spacial score (nSPS) is 15.0. The van der Waals surface area contributed by atoms with Gasteiger partial charge in [0.15, 0.2) is 0 Å². The topological polar surface area (TPSA) is 29.9 Å². The largest absolute Gasteiger partial charge is 0.310 e. The Labute approximate surface area is 106 Å². The van der Waals surface area contributed by atoms with Crippen LogP contribution in [0.25, 0.3) is 5.69 Å². The van der Waals surface area contributed by atoms with Crippen LogP contribution in [0, 0.1) is 12.7 Å². The van der Waals surface area contributed by atoms with Crippen molar-refractivity contribution < 1.29 is 4.39 Å². The third-order valence-corrected chi connectivity index (χ3v) is 3.29. The monoisotopic (exact) mass is 245 g/mol. The summed E-state index contributed by atoms with van der Waals surface area (Å²) in [5, 5.41) is 3.42. The molecule has 1 saturated carbocycles. The van der Waals surface area contributed by atoms with E-state index in [4.69, 9.17) is 0 Å². The molecule has 0 unspecified atom stereocenters. The molecule has 1 aromatic carbocycles. The number of benzene rings is 1. The summed E-state index contributed by atoms with van der Waals surface area (Å²) >= 11 is 0.